The Morgan fingerprint density at radius 2 is 2.00 bits per heavy atom. The molecular formula is C14H20N4O. The number of hydrogen-bond acceptors (Lipinski definition) is 4. The minimum absolute atomic E-state index is 0.446. The fourth-order valence-electron chi connectivity index (χ4n) is 1.64. The molecule has 2 rings (SSSR count). The second kappa shape index (κ2) is 5.84. The van der Waals surface area contributed by atoms with Crippen LogP contribution in [-0.4, -0.2) is 21.6 Å². The van der Waals surface area contributed by atoms with Crippen LogP contribution in [0.3, 0.4) is 0 Å². The Balaban J connectivity index is 1.76. The van der Waals surface area contributed by atoms with E-state index in [1.807, 2.05) is 50.4 Å². The van der Waals surface area contributed by atoms with E-state index in [9.17, 15) is 0 Å². The largest absolute Gasteiger partial charge is 0.494 e. The van der Waals surface area contributed by atoms with Gasteiger partial charge in [0.25, 0.3) is 0 Å². The van der Waals surface area contributed by atoms with E-state index in [2.05, 4.69) is 10.3 Å². The molecule has 0 saturated heterocycles. The van der Waals surface area contributed by atoms with Crippen LogP contribution in [0, 0.1) is 0 Å². The molecule has 19 heavy (non-hydrogen) atoms. The number of aryl methyl sites for hydroxylation is 1. The number of nitrogens with zero attached hydrogens (tertiary/aromatic N) is 3. The molecule has 0 saturated carbocycles. The van der Waals surface area contributed by atoms with Crippen LogP contribution >= 0.6 is 0 Å². The summed E-state index contributed by atoms with van der Waals surface area (Å²) in [5.74, 6) is 0.893. The third-order valence-electron chi connectivity index (χ3n) is 2.74. The monoisotopic (exact) mass is 260 g/mol. The number of para-hydroxylation sites is 1. The van der Waals surface area contributed by atoms with Crippen LogP contribution in [0.25, 0.3) is 0 Å². The van der Waals surface area contributed by atoms with Crippen molar-refractivity contribution >= 4 is 0 Å². The summed E-state index contributed by atoms with van der Waals surface area (Å²) < 4.78 is 7.42. The fourth-order valence-corrected chi connectivity index (χ4v) is 1.64. The van der Waals surface area contributed by atoms with Crippen LogP contribution in [-0.2, 0) is 12.1 Å². The predicted molar refractivity (Wildman–Crippen MR) is 73.8 cm³/mol. The lowest BCUT2D eigenvalue weighted by Gasteiger charge is -2.13. The van der Waals surface area contributed by atoms with E-state index in [0.717, 1.165) is 24.4 Å². The number of rotatable bonds is 6. The molecule has 2 N–H and O–H groups in total. The smallest absolute Gasteiger partial charge is 0.119 e. The van der Waals surface area contributed by atoms with Gasteiger partial charge in [-0.1, -0.05) is 23.4 Å². The van der Waals surface area contributed by atoms with Crippen LogP contribution in [0.15, 0.2) is 36.5 Å². The van der Waals surface area contributed by atoms with E-state index in [1.54, 1.807) is 4.68 Å². The number of hydrogen-bond donors (Lipinski definition) is 1. The summed E-state index contributed by atoms with van der Waals surface area (Å²) in [6.45, 7) is 5.26. The first-order valence-corrected chi connectivity index (χ1v) is 6.43. The zero-order valence-corrected chi connectivity index (χ0v) is 11.4. The van der Waals surface area contributed by atoms with E-state index >= 15 is 0 Å². The van der Waals surface area contributed by atoms with Crippen LogP contribution in [0.1, 0.15) is 26.0 Å². The number of benzene rings is 1. The highest BCUT2D eigenvalue weighted by molar-refractivity contribution is 5.20. The zero-order chi connectivity index (χ0) is 13.7. The summed E-state index contributed by atoms with van der Waals surface area (Å²) in [7, 11) is 0. The van der Waals surface area contributed by atoms with E-state index in [-0.39, 0.29) is 0 Å². The molecule has 1 heterocycles. The standard InChI is InChI=1S/C14H20N4O/c1-14(2,15)13-11-18(17-16-13)9-6-10-19-12-7-4-3-5-8-12/h3-5,7-8,11H,6,9-10,15H2,1-2H3. The van der Waals surface area contributed by atoms with Crippen LogP contribution in [0.4, 0.5) is 0 Å². The topological polar surface area (TPSA) is 66.0 Å². The highest BCUT2D eigenvalue weighted by Crippen LogP contribution is 2.12. The summed E-state index contributed by atoms with van der Waals surface area (Å²) in [6.07, 6.45) is 2.77. The van der Waals surface area contributed by atoms with Crippen molar-refractivity contribution < 1.29 is 4.74 Å². The average Bonchev–Trinajstić information content (AvgIpc) is 2.85. The van der Waals surface area contributed by atoms with Crippen molar-refractivity contribution in [3.63, 3.8) is 0 Å². The molecule has 0 atom stereocenters. The third kappa shape index (κ3) is 4.06. The van der Waals surface area contributed by atoms with Crippen molar-refractivity contribution in [2.75, 3.05) is 6.61 Å². The molecule has 1 aromatic heterocycles. The molecule has 2 aromatic rings. The molecule has 0 bridgehead atoms. The Hall–Kier alpha value is -1.88. The van der Waals surface area contributed by atoms with Crippen molar-refractivity contribution in [2.24, 2.45) is 5.73 Å². The zero-order valence-electron chi connectivity index (χ0n) is 11.4. The Kier molecular flexibility index (Phi) is 4.16. The molecule has 0 aliphatic carbocycles. The van der Waals surface area contributed by atoms with Gasteiger partial charge >= 0.3 is 0 Å². The van der Waals surface area contributed by atoms with Gasteiger partial charge in [0.15, 0.2) is 0 Å². The Labute approximate surface area is 113 Å². The number of nitrogens with two attached hydrogens (primary N) is 1. The molecule has 102 valence electrons. The van der Waals surface area contributed by atoms with Crippen molar-refractivity contribution in [1.29, 1.82) is 0 Å². The number of aromatic nitrogens is 3. The lowest BCUT2D eigenvalue weighted by Crippen LogP contribution is -2.29. The van der Waals surface area contributed by atoms with E-state index in [4.69, 9.17) is 10.5 Å². The highest BCUT2D eigenvalue weighted by Gasteiger charge is 2.17. The third-order valence-corrected chi connectivity index (χ3v) is 2.74. The number of ether oxygens (including phenoxy) is 1. The Morgan fingerprint density at radius 1 is 1.26 bits per heavy atom. The molecule has 1 aromatic carbocycles. The summed E-state index contributed by atoms with van der Waals surface area (Å²) in [4.78, 5) is 0. The van der Waals surface area contributed by atoms with Gasteiger partial charge in [0, 0.05) is 13.0 Å². The molecule has 0 amide bonds. The van der Waals surface area contributed by atoms with E-state index in [0.29, 0.717) is 6.61 Å². The van der Waals surface area contributed by atoms with E-state index in [1.165, 1.54) is 0 Å². The lowest BCUT2D eigenvalue weighted by molar-refractivity contribution is 0.298. The molecule has 5 heteroatoms. The van der Waals surface area contributed by atoms with Gasteiger partial charge in [0.2, 0.25) is 0 Å². The SMILES string of the molecule is CC(C)(N)c1cn(CCCOc2ccccc2)nn1. The summed E-state index contributed by atoms with van der Waals surface area (Å²) in [6, 6.07) is 9.79. The molecule has 0 spiro atoms. The minimum atomic E-state index is -0.446. The van der Waals surface area contributed by atoms with Crippen molar-refractivity contribution in [2.45, 2.75) is 32.4 Å². The first kappa shape index (κ1) is 13.5. The van der Waals surface area contributed by atoms with Gasteiger partial charge in [-0.15, -0.1) is 5.10 Å². The fraction of sp³-hybridized carbons (Fsp3) is 0.429. The molecule has 0 unspecified atom stereocenters. The molecule has 0 aliphatic rings. The lowest BCUT2D eigenvalue weighted by atomic mass is 10.0. The van der Waals surface area contributed by atoms with E-state index < -0.39 is 5.54 Å². The maximum absolute atomic E-state index is 5.96. The second-order valence-electron chi connectivity index (χ2n) is 5.10. The molecular weight excluding hydrogens is 240 g/mol. The highest BCUT2D eigenvalue weighted by atomic mass is 16.5. The van der Waals surface area contributed by atoms with Gasteiger partial charge in [0.1, 0.15) is 11.4 Å². The first-order valence-electron chi connectivity index (χ1n) is 6.43. The van der Waals surface area contributed by atoms with Gasteiger partial charge in [-0.25, -0.2) is 0 Å². The Bertz CT molecular complexity index is 502. The normalized spacial score (nSPS) is 11.5. The summed E-state index contributed by atoms with van der Waals surface area (Å²) >= 11 is 0. The first-order chi connectivity index (χ1) is 9.05. The summed E-state index contributed by atoms with van der Waals surface area (Å²) in [5, 5.41) is 8.13. The van der Waals surface area contributed by atoms with Gasteiger partial charge in [-0.3, -0.25) is 4.68 Å². The van der Waals surface area contributed by atoms with Crippen molar-refractivity contribution in [3.8, 4) is 5.75 Å². The minimum Gasteiger partial charge on any atom is -0.494 e. The van der Waals surface area contributed by atoms with Gasteiger partial charge in [0.05, 0.1) is 18.3 Å². The summed E-state index contributed by atoms with van der Waals surface area (Å²) in [5.41, 5.74) is 6.32. The van der Waals surface area contributed by atoms with Gasteiger partial charge < -0.3 is 10.5 Å². The average molecular weight is 260 g/mol. The van der Waals surface area contributed by atoms with Gasteiger partial charge in [-0.05, 0) is 26.0 Å². The quantitative estimate of drug-likeness (QED) is 0.806. The van der Waals surface area contributed by atoms with Crippen LogP contribution in [0.5, 0.6) is 5.75 Å². The predicted octanol–water partition coefficient (Wildman–Crippen LogP) is 1.94. The molecule has 5 nitrogen and oxygen atoms in total. The molecule has 0 fully saturated rings. The second-order valence-corrected chi connectivity index (χ2v) is 5.10. The van der Waals surface area contributed by atoms with Gasteiger partial charge in [-0.2, -0.15) is 0 Å². The Morgan fingerprint density at radius 3 is 2.63 bits per heavy atom. The van der Waals surface area contributed by atoms with Crippen LogP contribution in [0.2, 0.25) is 0 Å². The van der Waals surface area contributed by atoms with Crippen molar-refractivity contribution in [1.82, 2.24) is 15.0 Å². The molecule has 0 aliphatic heterocycles. The van der Waals surface area contributed by atoms with Crippen molar-refractivity contribution in [3.05, 3.63) is 42.2 Å². The van der Waals surface area contributed by atoms with Crippen LogP contribution < -0.4 is 10.5 Å². The maximum Gasteiger partial charge on any atom is 0.119 e. The molecule has 0 radical (unpaired) electrons. The maximum atomic E-state index is 5.96.